The van der Waals surface area contributed by atoms with E-state index in [2.05, 4.69) is 33.9 Å². The van der Waals surface area contributed by atoms with Gasteiger partial charge in [0.2, 0.25) is 0 Å². The maximum atomic E-state index is 6.58. The molecule has 0 aromatic heterocycles. The second-order valence-corrected chi connectivity index (χ2v) is 12.2. The minimum Gasteiger partial charge on any atom is -0.408 e. The molecule has 2 rings (SSSR count). The number of hydrogen-bond donors (Lipinski definition) is 0. The van der Waals surface area contributed by atoms with Gasteiger partial charge in [-0.3, -0.25) is 0 Å². The lowest BCUT2D eigenvalue weighted by Crippen LogP contribution is -2.56. The highest BCUT2D eigenvalue weighted by Gasteiger charge is 2.64. The van der Waals surface area contributed by atoms with Crippen molar-refractivity contribution < 1.29 is 18.6 Å². The Morgan fingerprint density at radius 2 is 1.95 bits per heavy atom. The molecular formula is C14H27BO4Si. The highest BCUT2D eigenvalue weighted by molar-refractivity contribution is 6.74. The Morgan fingerprint density at radius 3 is 2.40 bits per heavy atom. The molecule has 2 aliphatic heterocycles. The van der Waals surface area contributed by atoms with Crippen LogP contribution in [0.25, 0.3) is 0 Å². The van der Waals surface area contributed by atoms with Crippen molar-refractivity contribution in [2.24, 2.45) is 0 Å². The lowest BCUT2D eigenvalue weighted by atomic mass is 9.90. The fourth-order valence-corrected chi connectivity index (χ4v) is 3.99. The molecule has 6 heteroatoms. The van der Waals surface area contributed by atoms with Gasteiger partial charge >= 0.3 is 0 Å². The normalized spacial score (nSPS) is 39.2. The molecule has 0 amide bonds. The summed E-state index contributed by atoms with van der Waals surface area (Å²) in [6.45, 7) is 13.6. The van der Waals surface area contributed by atoms with Crippen molar-refractivity contribution in [1.82, 2.24) is 0 Å². The average Bonchev–Trinajstić information content (AvgIpc) is 2.78. The zero-order valence-electron chi connectivity index (χ0n) is 13.7. The number of methoxy groups -OCH3 is 1. The Balaban J connectivity index is 2.26. The first kappa shape index (κ1) is 16.5. The lowest BCUT2D eigenvalue weighted by Gasteiger charge is -2.42. The summed E-state index contributed by atoms with van der Waals surface area (Å²) in [5, 5.41) is 0.136. The summed E-state index contributed by atoms with van der Waals surface area (Å²) in [6.07, 6.45) is -0.453. The Morgan fingerprint density at radius 1 is 1.35 bits per heavy atom. The van der Waals surface area contributed by atoms with Gasteiger partial charge in [0.1, 0.15) is 25.7 Å². The predicted molar refractivity (Wildman–Crippen MR) is 81.6 cm³/mol. The third-order valence-corrected chi connectivity index (χ3v) is 9.69. The van der Waals surface area contributed by atoms with Crippen molar-refractivity contribution in [3.05, 3.63) is 0 Å². The van der Waals surface area contributed by atoms with Crippen LogP contribution in [0.4, 0.5) is 0 Å². The first-order chi connectivity index (χ1) is 9.05. The monoisotopic (exact) mass is 298 g/mol. The van der Waals surface area contributed by atoms with Crippen LogP contribution >= 0.6 is 0 Å². The van der Waals surface area contributed by atoms with E-state index in [-0.39, 0.29) is 23.4 Å². The second kappa shape index (κ2) is 5.09. The molecule has 20 heavy (non-hydrogen) atoms. The fourth-order valence-electron chi connectivity index (χ4n) is 2.67. The fraction of sp³-hybridized carbons (Fsp3) is 1.00. The molecule has 0 saturated carbocycles. The second-order valence-electron chi connectivity index (χ2n) is 7.49. The summed E-state index contributed by atoms with van der Waals surface area (Å²) in [5.74, 6) is 0. The maximum Gasteiger partial charge on any atom is 0.192 e. The van der Waals surface area contributed by atoms with Crippen LogP contribution in [0.2, 0.25) is 18.1 Å². The topological polar surface area (TPSA) is 36.9 Å². The van der Waals surface area contributed by atoms with E-state index in [0.717, 1.165) is 0 Å². The summed E-state index contributed by atoms with van der Waals surface area (Å²) in [5.41, 5.74) is -0.575. The van der Waals surface area contributed by atoms with Crippen LogP contribution in [0, 0.1) is 0 Å². The van der Waals surface area contributed by atoms with Crippen LogP contribution < -0.4 is 0 Å². The Hall–Kier alpha value is 0.122. The number of fused-ring (bicyclic) bond motifs is 2. The summed E-state index contributed by atoms with van der Waals surface area (Å²) >= 11 is 0. The molecule has 0 unspecified atom stereocenters. The van der Waals surface area contributed by atoms with Crippen LogP contribution in [0.1, 0.15) is 27.7 Å². The molecule has 2 fully saturated rings. The Bertz CT molecular complexity index is 371. The highest BCUT2D eigenvalue weighted by atomic mass is 28.4. The molecule has 2 radical (unpaired) electrons. The number of hydrogen-bond acceptors (Lipinski definition) is 4. The molecule has 0 N–H and O–H groups in total. The van der Waals surface area contributed by atoms with Crippen molar-refractivity contribution in [1.29, 1.82) is 0 Å². The van der Waals surface area contributed by atoms with E-state index in [1.165, 1.54) is 0 Å². The van der Waals surface area contributed by atoms with E-state index in [0.29, 0.717) is 6.61 Å². The summed E-state index contributed by atoms with van der Waals surface area (Å²) in [7, 11) is 5.81. The first-order valence-corrected chi connectivity index (χ1v) is 10.2. The Kier molecular flexibility index (Phi) is 4.20. The zero-order chi connectivity index (χ0) is 15.3. The molecule has 5 atom stereocenters. The Labute approximate surface area is 125 Å². The van der Waals surface area contributed by atoms with Gasteiger partial charge in [-0.2, -0.15) is 0 Å². The van der Waals surface area contributed by atoms with E-state index >= 15 is 0 Å². The molecule has 2 heterocycles. The molecule has 0 aliphatic carbocycles. The van der Waals surface area contributed by atoms with Crippen molar-refractivity contribution >= 4 is 16.2 Å². The molecule has 0 spiro atoms. The molecule has 2 bridgehead atoms. The van der Waals surface area contributed by atoms with Crippen molar-refractivity contribution in [3.8, 4) is 0 Å². The zero-order valence-corrected chi connectivity index (χ0v) is 14.7. The predicted octanol–water partition coefficient (Wildman–Crippen LogP) is 2.07. The van der Waals surface area contributed by atoms with E-state index in [4.69, 9.17) is 26.5 Å². The third-order valence-electron chi connectivity index (χ3n) is 5.23. The minimum absolute atomic E-state index is 0.115. The van der Waals surface area contributed by atoms with Gasteiger partial charge in [0, 0.05) is 13.1 Å². The van der Waals surface area contributed by atoms with Crippen molar-refractivity contribution in [2.45, 2.75) is 75.7 Å². The quantitative estimate of drug-likeness (QED) is 0.745. The lowest BCUT2D eigenvalue weighted by molar-refractivity contribution is -0.170. The van der Waals surface area contributed by atoms with Crippen molar-refractivity contribution in [2.75, 3.05) is 13.7 Å². The van der Waals surface area contributed by atoms with E-state index in [1.807, 2.05) is 6.92 Å². The molecular weight excluding hydrogens is 271 g/mol. The van der Waals surface area contributed by atoms with Crippen LogP contribution in [-0.4, -0.2) is 59.8 Å². The van der Waals surface area contributed by atoms with Crippen LogP contribution in [0.15, 0.2) is 0 Å². The smallest absolute Gasteiger partial charge is 0.192 e. The largest absolute Gasteiger partial charge is 0.408 e. The summed E-state index contributed by atoms with van der Waals surface area (Å²) in [6, 6.07) is -0.434. The maximum absolute atomic E-state index is 6.58. The third kappa shape index (κ3) is 2.39. The summed E-state index contributed by atoms with van der Waals surface area (Å²) in [4.78, 5) is 0. The van der Waals surface area contributed by atoms with Gasteiger partial charge in [0.15, 0.2) is 8.32 Å². The highest BCUT2D eigenvalue weighted by Crippen LogP contribution is 2.47. The van der Waals surface area contributed by atoms with Crippen LogP contribution in [0.5, 0.6) is 0 Å². The first-order valence-electron chi connectivity index (χ1n) is 7.31. The average molecular weight is 298 g/mol. The van der Waals surface area contributed by atoms with E-state index in [1.54, 1.807) is 7.11 Å². The van der Waals surface area contributed by atoms with E-state index in [9.17, 15) is 0 Å². The summed E-state index contributed by atoms with van der Waals surface area (Å²) < 4.78 is 23.9. The molecule has 0 aromatic rings. The van der Waals surface area contributed by atoms with E-state index < -0.39 is 19.9 Å². The SMILES string of the molecule is [B][C@@H]1O[C@@]2([C@H](C)OC)CO[C@@H]1[C@H]2O[Si](C)(C)C(C)(C)C. The number of ether oxygens (including phenoxy) is 3. The van der Waals surface area contributed by atoms with Gasteiger partial charge in [-0.25, -0.2) is 0 Å². The van der Waals surface area contributed by atoms with Crippen LogP contribution in [-0.2, 0) is 18.6 Å². The van der Waals surface area contributed by atoms with Gasteiger partial charge < -0.3 is 18.6 Å². The van der Waals surface area contributed by atoms with Gasteiger partial charge in [0.05, 0.1) is 12.7 Å². The standard InChI is InChI=1S/C14H27BO4Si/c1-9(16-5)14-8-17-10(12(15)18-14)11(14)19-20(6,7)13(2,3)4/h9-12H,8H2,1-7H3/t9-,10+,11+,12+,14+/m0/s1. The minimum atomic E-state index is -1.92. The van der Waals surface area contributed by atoms with Crippen LogP contribution in [0.3, 0.4) is 0 Å². The van der Waals surface area contributed by atoms with Gasteiger partial charge in [-0.15, -0.1) is 0 Å². The van der Waals surface area contributed by atoms with Gasteiger partial charge in [-0.1, -0.05) is 20.8 Å². The van der Waals surface area contributed by atoms with Gasteiger partial charge in [0.25, 0.3) is 0 Å². The van der Waals surface area contributed by atoms with Gasteiger partial charge in [-0.05, 0) is 25.1 Å². The van der Waals surface area contributed by atoms with Crippen molar-refractivity contribution in [3.63, 3.8) is 0 Å². The molecule has 2 saturated heterocycles. The molecule has 0 aromatic carbocycles. The molecule has 2 aliphatic rings. The molecule has 4 nitrogen and oxygen atoms in total. The molecule has 114 valence electrons. The number of rotatable bonds is 4.